The molecule has 10 heteroatoms. The van der Waals surface area contributed by atoms with Gasteiger partial charge in [0.1, 0.15) is 4.21 Å². The Kier molecular flexibility index (Phi) is 7.03. The van der Waals surface area contributed by atoms with Crippen LogP contribution in [0.3, 0.4) is 0 Å². The number of nitrogens with one attached hydrogen (secondary N) is 2. The van der Waals surface area contributed by atoms with Gasteiger partial charge in [0.2, 0.25) is 0 Å². The average molecular weight is 464 g/mol. The molecule has 0 saturated carbocycles. The Morgan fingerprint density at radius 3 is 2.27 bits per heavy atom. The van der Waals surface area contributed by atoms with Gasteiger partial charge < -0.3 is 10.6 Å². The average Bonchev–Trinajstić information content (AvgIpc) is 3.43. The quantitative estimate of drug-likeness (QED) is 0.537. The lowest BCUT2D eigenvalue weighted by Crippen LogP contribution is -2.23. The second-order valence-electron chi connectivity index (χ2n) is 6.55. The fourth-order valence-electron chi connectivity index (χ4n) is 2.49. The summed E-state index contributed by atoms with van der Waals surface area (Å²) >= 11 is 2.51. The van der Waals surface area contributed by atoms with Gasteiger partial charge in [-0.2, -0.15) is 0 Å². The van der Waals surface area contributed by atoms with Gasteiger partial charge in [0.15, 0.2) is 0 Å². The van der Waals surface area contributed by atoms with Crippen LogP contribution in [0.2, 0.25) is 0 Å². The maximum atomic E-state index is 12.4. The minimum Gasteiger partial charge on any atom is -0.347 e. The molecule has 0 fully saturated rings. The van der Waals surface area contributed by atoms with Gasteiger partial charge in [-0.15, -0.1) is 22.7 Å². The zero-order valence-corrected chi connectivity index (χ0v) is 18.9. The van der Waals surface area contributed by atoms with Crippen LogP contribution in [0.5, 0.6) is 0 Å². The molecule has 0 atom stereocenters. The second-order valence-corrected chi connectivity index (χ2v) is 11.0. The molecule has 158 valence electrons. The van der Waals surface area contributed by atoms with Crippen molar-refractivity contribution in [2.75, 3.05) is 14.1 Å². The summed E-state index contributed by atoms with van der Waals surface area (Å²) in [6.45, 7) is 0.613. The van der Waals surface area contributed by atoms with Crippen molar-refractivity contribution in [1.82, 2.24) is 14.9 Å². The highest BCUT2D eigenvalue weighted by molar-refractivity contribution is 7.91. The van der Waals surface area contributed by atoms with Crippen LogP contribution in [0.1, 0.15) is 30.5 Å². The smallest absolute Gasteiger partial charge is 0.261 e. The van der Waals surface area contributed by atoms with Crippen molar-refractivity contribution in [1.29, 1.82) is 0 Å². The molecule has 2 N–H and O–H groups in total. The standard InChI is InChI=1S/C20H21N3O4S3/c1-23(2)30(26,27)18-10-9-16(29-18)13-22-19(24)15-7-5-14(6-8-15)12-21-20(25)17-4-3-11-28-17/h3-11H,12-13H2,1-2H3,(H,21,25)(H,22,24). The Morgan fingerprint density at radius 2 is 1.63 bits per heavy atom. The van der Waals surface area contributed by atoms with E-state index in [2.05, 4.69) is 10.6 Å². The Morgan fingerprint density at radius 1 is 0.933 bits per heavy atom. The molecule has 1 aromatic carbocycles. The van der Waals surface area contributed by atoms with E-state index in [-0.39, 0.29) is 22.6 Å². The molecule has 2 aromatic heterocycles. The first kappa shape index (κ1) is 22.2. The molecule has 0 spiro atoms. The van der Waals surface area contributed by atoms with Gasteiger partial charge in [0.25, 0.3) is 21.8 Å². The lowest BCUT2D eigenvalue weighted by Gasteiger charge is -2.08. The first-order chi connectivity index (χ1) is 14.3. The Bertz CT molecular complexity index is 1120. The molecule has 0 aliphatic carbocycles. The molecular formula is C20H21N3O4S3. The lowest BCUT2D eigenvalue weighted by molar-refractivity contribution is 0.0943. The molecule has 3 aromatic rings. The fraction of sp³-hybridized carbons (Fsp3) is 0.200. The van der Waals surface area contributed by atoms with Crippen molar-refractivity contribution in [2.45, 2.75) is 17.3 Å². The molecule has 2 amide bonds. The number of carbonyl (C=O) groups excluding carboxylic acids is 2. The zero-order valence-electron chi connectivity index (χ0n) is 16.4. The van der Waals surface area contributed by atoms with Gasteiger partial charge in [-0.3, -0.25) is 9.59 Å². The third kappa shape index (κ3) is 5.33. The summed E-state index contributed by atoms with van der Waals surface area (Å²) in [5, 5.41) is 7.48. The first-order valence-corrected chi connectivity index (χ1v) is 12.1. The fourth-order valence-corrected chi connectivity index (χ4v) is 5.60. The number of sulfonamides is 1. The van der Waals surface area contributed by atoms with Crippen LogP contribution >= 0.6 is 22.7 Å². The predicted octanol–water partition coefficient (Wildman–Crippen LogP) is 2.92. The van der Waals surface area contributed by atoms with Gasteiger partial charge in [0.05, 0.1) is 11.4 Å². The highest BCUT2D eigenvalue weighted by atomic mass is 32.2. The van der Waals surface area contributed by atoms with Crippen molar-refractivity contribution >= 4 is 44.5 Å². The van der Waals surface area contributed by atoms with E-state index in [1.165, 1.54) is 25.4 Å². The van der Waals surface area contributed by atoms with Crippen molar-refractivity contribution in [3.63, 3.8) is 0 Å². The number of amides is 2. The summed E-state index contributed by atoms with van der Waals surface area (Å²) in [5.74, 6) is -0.381. The largest absolute Gasteiger partial charge is 0.347 e. The van der Waals surface area contributed by atoms with Crippen molar-refractivity contribution < 1.29 is 18.0 Å². The third-order valence-corrected chi connectivity index (χ3v) is 8.45. The van der Waals surface area contributed by atoms with Crippen LogP contribution in [-0.4, -0.2) is 38.6 Å². The molecule has 0 saturated heterocycles. The molecule has 0 aliphatic heterocycles. The number of hydrogen-bond donors (Lipinski definition) is 2. The predicted molar refractivity (Wildman–Crippen MR) is 118 cm³/mol. The second kappa shape index (κ2) is 9.52. The first-order valence-electron chi connectivity index (χ1n) is 8.97. The van der Waals surface area contributed by atoms with Crippen LogP contribution in [0, 0.1) is 0 Å². The summed E-state index contributed by atoms with van der Waals surface area (Å²) in [6, 6.07) is 13.8. The van der Waals surface area contributed by atoms with Crippen molar-refractivity contribution in [3.05, 3.63) is 74.8 Å². The van der Waals surface area contributed by atoms with E-state index >= 15 is 0 Å². The molecular weight excluding hydrogens is 442 g/mol. The van der Waals surface area contributed by atoms with Gasteiger partial charge >= 0.3 is 0 Å². The van der Waals surface area contributed by atoms with Crippen molar-refractivity contribution in [2.24, 2.45) is 0 Å². The summed E-state index contributed by atoms with van der Waals surface area (Å²) < 4.78 is 25.6. The monoisotopic (exact) mass is 463 g/mol. The number of hydrogen-bond acceptors (Lipinski definition) is 6. The Hall–Kier alpha value is -2.53. The highest BCUT2D eigenvalue weighted by Crippen LogP contribution is 2.23. The summed E-state index contributed by atoms with van der Waals surface area (Å²) in [5.41, 5.74) is 1.37. The molecule has 0 bridgehead atoms. The number of benzene rings is 1. The number of nitrogens with zero attached hydrogens (tertiary/aromatic N) is 1. The molecule has 7 nitrogen and oxygen atoms in total. The van der Waals surface area contributed by atoms with Crippen LogP contribution in [0.25, 0.3) is 0 Å². The summed E-state index contributed by atoms with van der Waals surface area (Å²) in [7, 11) is -0.508. The highest BCUT2D eigenvalue weighted by Gasteiger charge is 2.19. The van der Waals surface area contributed by atoms with Gasteiger partial charge in [-0.25, -0.2) is 12.7 Å². The van der Waals surface area contributed by atoms with Crippen LogP contribution < -0.4 is 10.6 Å². The third-order valence-electron chi connectivity index (χ3n) is 4.21. The number of rotatable bonds is 8. The van der Waals surface area contributed by atoms with E-state index in [9.17, 15) is 18.0 Å². The minimum atomic E-state index is -3.47. The number of thiophene rings is 2. The molecule has 30 heavy (non-hydrogen) atoms. The normalized spacial score (nSPS) is 11.4. The van der Waals surface area contributed by atoms with E-state index in [1.54, 1.807) is 42.5 Å². The van der Waals surface area contributed by atoms with Gasteiger partial charge in [-0.1, -0.05) is 18.2 Å². The molecule has 0 unspecified atom stereocenters. The molecule has 2 heterocycles. The molecule has 0 aliphatic rings. The van der Waals surface area contributed by atoms with Crippen LogP contribution in [0.4, 0.5) is 0 Å². The summed E-state index contributed by atoms with van der Waals surface area (Å²) in [4.78, 5) is 25.7. The number of carbonyl (C=O) groups is 2. The van der Waals surface area contributed by atoms with Gasteiger partial charge in [0, 0.05) is 31.1 Å². The minimum absolute atomic E-state index is 0.126. The zero-order chi connectivity index (χ0) is 21.7. The van der Waals surface area contributed by atoms with E-state index in [4.69, 9.17) is 0 Å². The van der Waals surface area contributed by atoms with E-state index in [0.29, 0.717) is 17.0 Å². The van der Waals surface area contributed by atoms with Crippen molar-refractivity contribution in [3.8, 4) is 0 Å². The van der Waals surface area contributed by atoms with E-state index in [0.717, 1.165) is 26.1 Å². The topological polar surface area (TPSA) is 95.6 Å². The summed E-state index contributed by atoms with van der Waals surface area (Å²) in [6.07, 6.45) is 0. The van der Waals surface area contributed by atoms with Crippen LogP contribution in [-0.2, 0) is 23.1 Å². The molecule has 3 rings (SSSR count). The van der Waals surface area contributed by atoms with E-state index in [1.807, 2.05) is 11.4 Å². The van der Waals surface area contributed by atoms with Crippen LogP contribution in [0.15, 0.2) is 58.1 Å². The molecule has 0 radical (unpaired) electrons. The lowest BCUT2D eigenvalue weighted by atomic mass is 10.1. The maximum absolute atomic E-state index is 12.4. The Labute approximate surface area is 183 Å². The van der Waals surface area contributed by atoms with Gasteiger partial charge in [-0.05, 0) is 41.3 Å². The Balaban J connectivity index is 1.52. The van der Waals surface area contributed by atoms with E-state index < -0.39 is 10.0 Å². The SMILES string of the molecule is CN(C)S(=O)(=O)c1ccc(CNC(=O)c2ccc(CNC(=O)c3cccs3)cc2)s1. The maximum Gasteiger partial charge on any atom is 0.261 e.